The molecule has 0 aliphatic rings. The van der Waals surface area contributed by atoms with Gasteiger partial charge in [-0.15, -0.1) is 0 Å². The average molecular weight is 174 g/mol. The minimum absolute atomic E-state index is 0.120. The Morgan fingerprint density at radius 2 is 2.08 bits per heavy atom. The second-order valence-corrected chi connectivity index (χ2v) is 3.21. The molecule has 72 valence electrons. The molecule has 0 heterocycles. The van der Waals surface area contributed by atoms with E-state index in [-0.39, 0.29) is 6.17 Å². The number of carboxylic acid groups (broad SMARTS) is 1. The Hall–Kier alpha value is -0.770. The van der Waals surface area contributed by atoms with Gasteiger partial charge in [0.15, 0.2) is 0 Å². The van der Waals surface area contributed by atoms with Crippen LogP contribution in [0.15, 0.2) is 0 Å². The number of hydrogen-bond acceptors (Lipinski definition) is 2. The van der Waals surface area contributed by atoms with Crippen molar-refractivity contribution in [2.75, 3.05) is 6.54 Å². The zero-order chi connectivity index (χ0) is 9.56. The summed E-state index contributed by atoms with van der Waals surface area (Å²) in [4.78, 5) is 10.3. The summed E-state index contributed by atoms with van der Waals surface area (Å²) in [6, 6.07) is 0. The predicted octanol–water partition coefficient (Wildman–Crippen LogP) is 1.24. The van der Waals surface area contributed by atoms with E-state index >= 15 is 0 Å². The van der Waals surface area contributed by atoms with Gasteiger partial charge in [0.25, 0.3) is 0 Å². The third-order valence-electron chi connectivity index (χ3n) is 1.48. The molecule has 1 unspecified atom stereocenters. The Morgan fingerprint density at radius 1 is 1.50 bits per heavy atom. The van der Waals surface area contributed by atoms with E-state index in [0.29, 0.717) is 5.92 Å². The molecule has 0 aromatic heterocycles. The molecular formula is C8H18N2O2. The molecule has 0 saturated carbocycles. The average Bonchev–Trinajstić information content (AvgIpc) is 1.97. The maximum atomic E-state index is 10.3. The van der Waals surface area contributed by atoms with E-state index in [9.17, 15) is 4.79 Å². The molecule has 0 aliphatic heterocycles. The highest BCUT2D eigenvalue weighted by molar-refractivity contribution is 5.64. The van der Waals surface area contributed by atoms with Crippen LogP contribution in [0.25, 0.3) is 0 Å². The molecule has 1 atom stereocenters. The number of nitrogens with one attached hydrogen (secondary N) is 2. The maximum Gasteiger partial charge on any atom is 0.405 e. The van der Waals surface area contributed by atoms with Crippen LogP contribution in [0.2, 0.25) is 0 Å². The SMILES string of the molecule is CCC(NCC(C)C)NC(=O)O. The zero-order valence-corrected chi connectivity index (χ0v) is 7.92. The van der Waals surface area contributed by atoms with Crippen LogP contribution in [0.5, 0.6) is 0 Å². The normalized spacial score (nSPS) is 13.0. The monoisotopic (exact) mass is 174 g/mol. The van der Waals surface area contributed by atoms with Crippen molar-refractivity contribution in [1.82, 2.24) is 10.6 Å². The van der Waals surface area contributed by atoms with Gasteiger partial charge in [0.1, 0.15) is 0 Å². The van der Waals surface area contributed by atoms with Crippen molar-refractivity contribution in [3.8, 4) is 0 Å². The zero-order valence-electron chi connectivity index (χ0n) is 7.92. The molecule has 4 nitrogen and oxygen atoms in total. The molecule has 4 heteroatoms. The molecular weight excluding hydrogens is 156 g/mol. The molecule has 12 heavy (non-hydrogen) atoms. The summed E-state index contributed by atoms with van der Waals surface area (Å²) in [5.74, 6) is 0.537. The van der Waals surface area contributed by atoms with Crippen molar-refractivity contribution >= 4 is 6.09 Å². The quantitative estimate of drug-likeness (QED) is 0.549. The number of hydrogen-bond donors (Lipinski definition) is 3. The van der Waals surface area contributed by atoms with E-state index in [0.717, 1.165) is 13.0 Å². The number of amides is 1. The molecule has 0 radical (unpaired) electrons. The first-order valence-electron chi connectivity index (χ1n) is 4.29. The molecule has 0 bridgehead atoms. The Balaban J connectivity index is 3.60. The van der Waals surface area contributed by atoms with Crippen LogP contribution < -0.4 is 10.6 Å². The third-order valence-corrected chi connectivity index (χ3v) is 1.48. The standard InChI is InChI=1S/C8H18N2O2/c1-4-7(10-8(11)12)9-5-6(2)3/h6-7,9-10H,4-5H2,1-3H3,(H,11,12). The Kier molecular flexibility index (Phi) is 5.45. The molecule has 0 aromatic rings. The molecule has 3 N–H and O–H groups in total. The Labute approximate surface area is 73.3 Å². The van der Waals surface area contributed by atoms with E-state index < -0.39 is 6.09 Å². The number of rotatable bonds is 5. The van der Waals surface area contributed by atoms with Gasteiger partial charge in [-0.05, 0) is 18.9 Å². The summed E-state index contributed by atoms with van der Waals surface area (Å²) < 4.78 is 0. The van der Waals surface area contributed by atoms with Crippen LogP contribution in [0.1, 0.15) is 27.2 Å². The maximum absolute atomic E-state index is 10.3. The molecule has 0 rings (SSSR count). The van der Waals surface area contributed by atoms with Gasteiger partial charge < -0.3 is 10.4 Å². The third kappa shape index (κ3) is 5.97. The van der Waals surface area contributed by atoms with Gasteiger partial charge in [-0.25, -0.2) is 4.79 Å². The fourth-order valence-electron chi connectivity index (χ4n) is 0.824. The molecule has 0 saturated heterocycles. The summed E-state index contributed by atoms with van der Waals surface area (Å²) in [6.07, 6.45) is -0.332. The summed E-state index contributed by atoms with van der Waals surface area (Å²) in [5, 5.41) is 13.9. The van der Waals surface area contributed by atoms with Crippen LogP contribution in [0.3, 0.4) is 0 Å². The van der Waals surface area contributed by atoms with Gasteiger partial charge >= 0.3 is 6.09 Å². The molecule has 0 fully saturated rings. The van der Waals surface area contributed by atoms with Crippen molar-refractivity contribution in [2.24, 2.45) is 5.92 Å². The van der Waals surface area contributed by atoms with Gasteiger partial charge in [-0.3, -0.25) is 5.32 Å². The lowest BCUT2D eigenvalue weighted by atomic mass is 10.2. The fourth-order valence-corrected chi connectivity index (χ4v) is 0.824. The van der Waals surface area contributed by atoms with E-state index in [1.54, 1.807) is 0 Å². The first kappa shape index (κ1) is 11.2. The predicted molar refractivity (Wildman–Crippen MR) is 48.1 cm³/mol. The summed E-state index contributed by atoms with van der Waals surface area (Å²) >= 11 is 0. The summed E-state index contributed by atoms with van der Waals surface area (Å²) in [6.45, 7) is 6.94. The van der Waals surface area contributed by atoms with Gasteiger partial charge in [0.2, 0.25) is 0 Å². The first-order chi connectivity index (χ1) is 5.56. The summed E-state index contributed by atoms with van der Waals surface area (Å²) in [5.41, 5.74) is 0. The van der Waals surface area contributed by atoms with Crippen LogP contribution in [-0.2, 0) is 0 Å². The fraction of sp³-hybridized carbons (Fsp3) is 0.875. The Morgan fingerprint density at radius 3 is 2.42 bits per heavy atom. The van der Waals surface area contributed by atoms with Crippen molar-refractivity contribution in [2.45, 2.75) is 33.4 Å². The molecule has 0 aromatic carbocycles. The molecule has 0 spiro atoms. The van der Waals surface area contributed by atoms with Crippen molar-refractivity contribution in [1.29, 1.82) is 0 Å². The molecule has 0 aliphatic carbocycles. The second-order valence-electron chi connectivity index (χ2n) is 3.21. The first-order valence-corrected chi connectivity index (χ1v) is 4.29. The van der Waals surface area contributed by atoms with Crippen molar-refractivity contribution in [3.63, 3.8) is 0 Å². The van der Waals surface area contributed by atoms with Gasteiger partial charge in [0.05, 0.1) is 6.17 Å². The highest BCUT2D eigenvalue weighted by Gasteiger charge is 2.07. The smallest absolute Gasteiger partial charge is 0.405 e. The van der Waals surface area contributed by atoms with E-state index in [2.05, 4.69) is 24.5 Å². The van der Waals surface area contributed by atoms with Crippen LogP contribution in [0.4, 0.5) is 4.79 Å². The Bertz CT molecular complexity index is 137. The van der Waals surface area contributed by atoms with E-state index in [1.807, 2.05) is 6.92 Å². The molecule has 1 amide bonds. The topological polar surface area (TPSA) is 61.4 Å². The highest BCUT2D eigenvalue weighted by Crippen LogP contribution is 1.91. The summed E-state index contributed by atoms with van der Waals surface area (Å²) in [7, 11) is 0. The lowest BCUT2D eigenvalue weighted by molar-refractivity contribution is 0.186. The van der Waals surface area contributed by atoms with Gasteiger partial charge in [-0.1, -0.05) is 20.8 Å². The second kappa shape index (κ2) is 5.83. The van der Waals surface area contributed by atoms with Crippen LogP contribution in [0, 0.1) is 5.92 Å². The van der Waals surface area contributed by atoms with E-state index in [1.165, 1.54) is 0 Å². The lowest BCUT2D eigenvalue weighted by Gasteiger charge is -2.17. The largest absolute Gasteiger partial charge is 0.465 e. The van der Waals surface area contributed by atoms with Crippen molar-refractivity contribution in [3.05, 3.63) is 0 Å². The van der Waals surface area contributed by atoms with Crippen LogP contribution >= 0.6 is 0 Å². The van der Waals surface area contributed by atoms with E-state index in [4.69, 9.17) is 5.11 Å². The van der Waals surface area contributed by atoms with Gasteiger partial charge in [-0.2, -0.15) is 0 Å². The van der Waals surface area contributed by atoms with Gasteiger partial charge in [0, 0.05) is 0 Å². The minimum atomic E-state index is -0.974. The van der Waals surface area contributed by atoms with Crippen LogP contribution in [-0.4, -0.2) is 23.9 Å². The minimum Gasteiger partial charge on any atom is -0.465 e. The highest BCUT2D eigenvalue weighted by atomic mass is 16.4. The lowest BCUT2D eigenvalue weighted by Crippen LogP contribution is -2.45. The van der Waals surface area contributed by atoms with Crippen molar-refractivity contribution < 1.29 is 9.90 Å². The number of carbonyl (C=O) groups is 1.